The number of hydrogen-bond donors (Lipinski definition) is 2. The number of nitrogens with one attached hydrogen (secondary N) is 1. The monoisotopic (exact) mass is 650 g/mol. The van der Waals surface area contributed by atoms with Crippen molar-refractivity contribution < 1.29 is 23.4 Å². The van der Waals surface area contributed by atoms with Gasteiger partial charge >= 0.3 is 11.8 Å². The van der Waals surface area contributed by atoms with Gasteiger partial charge in [-0.15, -0.1) is 0 Å². The Hall–Kier alpha value is -4.65. The van der Waals surface area contributed by atoms with E-state index < -0.39 is 34.4 Å². The number of aryl methyl sites for hydroxylation is 1. The number of piperazine rings is 1. The number of aliphatic hydroxyl groups excluding tert-OH is 1. The van der Waals surface area contributed by atoms with E-state index in [-0.39, 0.29) is 78.4 Å². The summed E-state index contributed by atoms with van der Waals surface area (Å²) >= 11 is 0. The number of halogens is 2. The molecule has 1 saturated heterocycles. The smallest absolute Gasteiger partial charge is 0.410 e. The number of rotatable bonds is 7. The first-order valence-corrected chi connectivity index (χ1v) is 15.7. The Labute approximate surface area is 270 Å². The van der Waals surface area contributed by atoms with Gasteiger partial charge in [-0.2, -0.15) is 4.98 Å². The number of carbonyl (C=O) groups excluding carboxylic acids is 1. The maximum atomic E-state index is 16.2. The van der Waals surface area contributed by atoms with Crippen molar-refractivity contribution in [3.63, 3.8) is 0 Å². The van der Waals surface area contributed by atoms with Crippen molar-refractivity contribution in [1.29, 1.82) is 0 Å². The number of anilines is 1. The van der Waals surface area contributed by atoms with Crippen LogP contribution >= 0.6 is 0 Å². The van der Waals surface area contributed by atoms with E-state index >= 15 is 8.78 Å². The second kappa shape index (κ2) is 13.2. The summed E-state index contributed by atoms with van der Waals surface area (Å²) in [6.45, 7) is 11.5. The standard InChI is InChI=1S/C34H40F2N6O5/c1-19(2)27-29(25(44)12-13-37-27)42-31-22(17-24(36)28(38-31)26-21(10-8-16-43)9-7-11-23(26)35)30(39-32(42)45)41-15-14-40(18-20(41)3)33(46)47-34(4,5)6/h7,9,11-13,17,19-20,43H,8,10,14-16,18H2,1-6H3,(H,37,44)/t20-/m0/s1. The van der Waals surface area contributed by atoms with Gasteiger partial charge in [0.05, 0.1) is 5.39 Å². The second-order valence-corrected chi connectivity index (χ2v) is 13.1. The highest BCUT2D eigenvalue weighted by Gasteiger charge is 2.33. The largest absolute Gasteiger partial charge is 0.444 e. The molecule has 1 atom stereocenters. The molecule has 1 aliphatic heterocycles. The quantitative estimate of drug-likeness (QED) is 0.288. The van der Waals surface area contributed by atoms with Crippen LogP contribution in [0.25, 0.3) is 28.0 Å². The number of aromatic amines is 1. The summed E-state index contributed by atoms with van der Waals surface area (Å²) in [5.74, 6) is -1.67. The average Bonchev–Trinajstić information content (AvgIpc) is 2.99. The molecule has 0 unspecified atom stereocenters. The first-order chi connectivity index (χ1) is 22.2. The Morgan fingerprint density at radius 1 is 1.13 bits per heavy atom. The van der Waals surface area contributed by atoms with Crippen LogP contribution in [-0.4, -0.2) is 73.5 Å². The summed E-state index contributed by atoms with van der Waals surface area (Å²) in [7, 11) is 0. The molecule has 250 valence electrons. The zero-order valence-corrected chi connectivity index (χ0v) is 27.4. The summed E-state index contributed by atoms with van der Waals surface area (Å²) in [6, 6.07) is 6.40. The molecule has 1 amide bonds. The molecule has 0 saturated carbocycles. The summed E-state index contributed by atoms with van der Waals surface area (Å²) in [5.41, 5.74) is -1.64. The lowest BCUT2D eigenvalue weighted by molar-refractivity contribution is 0.0218. The third-order valence-electron chi connectivity index (χ3n) is 8.06. The maximum absolute atomic E-state index is 16.2. The number of aromatic nitrogens is 4. The molecule has 5 rings (SSSR count). The third kappa shape index (κ3) is 6.76. The third-order valence-corrected chi connectivity index (χ3v) is 8.06. The van der Waals surface area contributed by atoms with Gasteiger partial charge in [0.25, 0.3) is 0 Å². The minimum atomic E-state index is -0.854. The van der Waals surface area contributed by atoms with Crippen LogP contribution in [-0.2, 0) is 11.2 Å². The van der Waals surface area contributed by atoms with Gasteiger partial charge in [0.15, 0.2) is 5.65 Å². The molecule has 1 fully saturated rings. The number of pyridine rings is 2. The topological polar surface area (TPSA) is 134 Å². The summed E-state index contributed by atoms with van der Waals surface area (Å²) in [6.07, 6.45) is 1.58. The Balaban J connectivity index is 1.75. The number of amides is 1. The van der Waals surface area contributed by atoms with Gasteiger partial charge < -0.3 is 24.6 Å². The van der Waals surface area contributed by atoms with E-state index in [1.54, 1.807) is 36.6 Å². The van der Waals surface area contributed by atoms with Crippen LogP contribution < -0.4 is 16.0 Å². The summed E-state index contributed by atoms with van der Waals surface area (Å²) in [4.78, 5) is 55.6. The molecule has 1 aliphatic rings. The van der Waals surface area contributed by atoms with Gasteiger partial charge in [0, 0.05) is 55.8 Å². The van der Waals surface area contributed by atoms with Gasteiger partial charge in [0.2, 0.25) is 5.43 Å². The van der Waals surface area contributed by atoms with Gasteiger partial charge in [-0.1, -0.05) is 26.0 Å². The highest BCUT2D eigenvalue weighted by atomic mass is 19.1. The lowest BCUT2D eigenvalue weighted by Gasteiger charge is -2.41. The van der Waals surface area contributed by atoms with Crippen LogP contribution in [0.3, 0.4) is 0 Å². The van der Waals surface area contributed by atoms with E-state index in [2.05, 4.69) is 15.0 Å². The fourth-order valence-corrected chi connectivity index (χ4v) is 5.94. The highest BCUT2D eigenvalue weighted by molar-refractivity contribution is 5.90. The van der Waals surface area contributed by atoms with Crippen molar-refractivity contribution in [2.45, 2.75) is 71.9 Å². The fourth-order valence-electron chi connectivity index (χ4n) is 5.94. The molecule has 0 spiro atoms. The number of H-pyrrole nitrogens is 1. The van der Waals surface area contributed by atoms with E-state index in [1.807, 2.05) is 20.8 Å². The van der Waals surface area contributed by atoms with E-state index in [9.17, 15) is 19.5 Å². The molecular formula is C34H40F2N6O5. The Kier molecular flexibility index (Phi) is 9.48. The van der Waals surface area contributed by atoms with Crippen molar-refractivity contribution >= 4 is 22.9 Å². The molecule has 3 aromatic heterocycles. The SMILES string of the molecule is CC(C)c1[nH]ccc(=O)c1-n1c(=O)nc(N2CCN(C(=O)OC(C)(C)C)C[C@@H]2C)c2cc(F)c(-c3c(F)cccc3CCCO)nc21. The molecule has 47 heavy (non-hydrogen) atoms. The van der Waals surface area contributed by atoms with Crippen LogP contribution in [0.15, 0.2) is 46.1 Å². The predicted molar refractivity (Wildman–Crippen MR) is 175 cm³/mol. The number of aliphatic hydroxyl groups is 1. The molecule has 13 heteroatoms. The first-order valence-electron chi connectivity index (χ1n) is 15.7. The van der Waals surface area contributed by atoms with Crippen molar-refractivity contribution in [3.05, 3.63) is 80.1 Å². The fraction of sp³-hybridized carbons (Fsp3) is 0.441. The predicted octanol–water partition coefficient (Wildman–Crippen LogP) is 4.91. The molecule has 0 bridgehead atoms. The molecule has 11 nitrogen and oxygen atoms in total. The van der Waals surface area contributed by atoms with Crippen LogP contribution in [0.2, 0.25) is 0 Å². The Morgan fingerprint density at radius 3 is 2.53 bits per heavy atom. The maximum Gasteiger partial charge on any atom is 0.410 e. The molecule has 4 heterocycles. The van der Waals surface area contributed by atoms with Crippen LogP contribution in [0.1, 0.15) is 65.1 Å². The number of carbonyl (C=O) groups is 1. The van der Waals surface area contributed by atoms with Gasteiger partial charge in [-0.05, 0) is 64.2 Å². The van der Waals surface area contributed by atoms with E-state index in [4.69, 9.17) is 4.74 Å². The van der Waals surface area contributed by atoms with Crippen LogP contribution in [0.5, 0.6) is 0 Å². The van der Waals surface area contributed by atoms with Gasteiger partial charge in [0.1, 0.15) is 34.4 Å². The van der Waals surface area contributed by atoms with E-state index in [1.165, 1.54) is 24.4 Å². The van der Waals surface area contributed by atoms with Crippen molar-refractivity contribution in [2.24, 2.45) is 0 Å². The number of fused-ring (bicyclic) bond motifs is 1. The number of ether oxygens (including phenoxy) is 1. The Morgan fingerprint density at radius 2 is 1.87 bits per heavy atom. The zero-order valence-electron chi connectivity index (χ0n) is 27.4. The minimum absolute atomic E-state index is 0.0153. The van der Waals surface area contributed by atoms with Gasteiger partial charge in [-0.3, -0.25) is 4.79 Å². The zero-order chi connectivity index (χ0) is 34.2. The minimum Gasteiger partial charge on any atom is -0.444 e. The van der Waals surface area contributed by atoms with E-state index in [0.29, 0.717) is 17.7 Å². The molecule has 2 N–H and O–H groups in total. The average molecular weight is 651 g/mol. The van der Waals surface area contributed by atoms with Gasteiger partial charge in [-0.25, -0.2) is 27.9 Å². The lowest BCUT2D eigenvalue weighted by Crippen LogP contribution is -2.55. The number of hydrogen-bond acceptors (Lipinski definition) is 8. The molecule has 4 aromatic rings. The lowest BCUT2D eigenvalue weighted by atomic mass is 9.98. The normalized spacial score (nSPS) is 15.5. The first kappa shape index (κ1) is 33.7. The molecule has 1 aromatic carbocycles. The van der Waals surface area contributed by atoms with Crippen molar-refractivity contribution in [3.8, 4) is 16.9 Å². The van der Waals surface area contributed by atoms with Crippen molar-refractivity contribution in [1.82, 2.24) is 24.4 Å². The van der Waals surface area contributed by atoms with Crippen molar-refractivity contribution in [2.75, 3.05) is 31.1 Å². The number of nitrogens with zero attached hydrogens (tertiary/aromatic N) is 5. The number of benzene rings is 1. The van der Waals surface area contributed by atoms with E-state index in [0.717, 1.165) is 10.6 Å². The Bertz CT molecular complexity index is 1930. The molecular weight excluding hydrogens is 610 g/mol. The molecule has 0 radical (unpaired) electrons. The summed E-state index contributed by atoms with van der Waals surface area (Å²) < 4.78 is 38.3. The molecule has 0 aliphatic carbocycles. The van der Waals surface area contributed by atoms with Crippen LogP contribution in [0, 0.1) is 11.6 Å². The highest BCUT2D eigenvalue weighted by Crippen LogP contribution is 2.34. The van der Waals surface area contributed by atoms with Crippen LogP contribution in [0.4, 0.5) is 19.4 Å². The second-order valence-electron chi connectivity index (χ2n) is 13.1. The summed E-state index contributed by atoms with van der Waals surface area (Å²) in [5, 5.41) is 9.56.